The molecule has 1 rings (SSSR count). The van der Waals surface area contributed by atoms with E-state index in [4.69, 9.17) is 4.74 Å². The summed E-state index contributed by atoms with van der Waals surface area (Å²) in [5.41, 5.74) is 0.791. The summed E-state index contributed by atoms with van der Waals surface area (Å²) in [7, 11) is 0. The summed E-state index contributed by atoms with van der Waals surface area (Å²) in [5, 5.41) is 3.30. The Bertz CT molecular complexity index is 421. The van der Waals surface area contributed by atoms with Gasteiger partial charge in [0.2, 0.25) is 0 Å². The molecule has 0 bridgehead atoms. The van der Waals surface area contributed by atoms with Crippen LogP contribution in [0.2, 0.25) is 0 Å². The molecule has 1 aromatic carbocycles. The fourth-order valence-electron chi connectivity index (χ4n) is 1.09. The zero-order chi connectivity index (χ0) is 13.2. The molecule has 18 heavy (non-hydrogen) atoms. The molecule has 1 N–H and O–H groups in total. The summed E-state index contributed by atoms with van der Waals surface area (Å²) in [6, 6.07) is 9.26. The summed E-state index contributed by atoms with van der Waals surface area (Å²) in [6.07, 6.45) is 0.0761. The SMILES string of the molecule is CCOC(=O)N=C(Nc1ccccc1)SCC=O. The van der Waals surface area contributed by atoms with Crippen LogP contribution in [0, 0.1) is 0 Å². The molecule has 0 saturated heterocycles. The largest absolute Gasteiger partial charge is 0.448 e. The highest BCUT2D eigenvalue weighted by Crippen LogP contribution is 2.11. The van der Waals surface area contributed by atoms with Crippen molar-refractivity contribution in [1.82, 2.24) is 0 Å². The van der Waals surface area contributed by atoms with Crippen LogP contribution in [-0.2, 0) is 9.53 Å². The van der Waals surface area contributed by atoms with E-state index in [1.165, 1.54) is 0 Å². The van der Waals surface area contributed by atoms with E-state index < -0.39 is 6.09 Å². The van der Waals surface area contributed by atoms with Crippen molar-refractivity contribution in [3.8, 4) is 0 Å². The first-order chi connectivity index (χ1) is 8.76. The average Bonchev–Trinajstić information content (AvgIpc) is 2.37. The molecule has 0 spiro atoms. The summed E-state index contributed by atoms with van der Waals surface area (Å²) in [5.74, 6) is 0.220. The van der Waals surface area contributed by atoms with E-state index >= 15 is 0 Å². The van der Waals surface area contributed by atoms with Crippen molar-refractivity contribution in [1.29, 1.82) is 0 Å². The van der Waals surface area contributed by atoms with Gasteiger partial charge in [0.1, 0.15) is 6.29 Å². The van der Waals surface area contributed by atoms with E-state index in [0.29, 0.717) is 5.17 Å². The number of aliphatic imine (C=N–C) groups is 1. The molecule has 0 fully saturated rings. The zero-order valence-corrected chi connectivity index (χ0v) is 10.8. The number of para-hydroxylation sites is 1. The maximum Gasteiger partial charge on any atom is 0.436 e. The minimum Gasteiger partial charge on any atom is -0.448 e. The molecular weight excluding hydrogens is 252 g/mol. The van der Waals surface area contributed by atoms with Crippen molar-refractivity contribution >= 4 is 35.0 Å². The number of hydrogen-bond acceptors (Lipinski definition) is 4. The minimum absolute atomic E-state index is 0.220. The Labute approximate surface area is 110 Å². The predicted molar refractivity (Wildman–Crippen MR) is 73.0 cm³/mol. The lowest BCUT2D eigenvalue weighted by molar-refractivity contribution is -0.105. The smallest absolute Gasteiger partial charge is 0.436 e. The van der Waals surface area contributed by atoms with E-state index in [-0.39, 0.29) is 12.4 Å². The molecule has 0 aliphatic carbocycles. The van der Waals surface area contributed by atoms with Crippen LogP contribution in [0.4, 0.5) is 10.5 Å². The van der Waals surface area contributed by atoms with Crippen LogP contribution in [-0.4, -0.2) is 29.9 Å². The Kier molecular flexibility index (Phi) is 6.56. The lowest BCUT2D eigenvalue weighted by Crippen LogP contribution is -2.12. The van der Waals surface area contributed by atoms with Crippen molar-refractivity contribution in [3.63, 3.8) is 0 Å². The number of carbonyl (C=O) groups is 2. The first-order valence-corrected chi connectivity index (χ1v) is 6.38. The Hall–Kier alpha value is -1.82. The molecule has 1 amide bonds. The number of carbonyl (C=O) groups excluding carboxylic acids is 2. The predicted octanol–water partition coefficient (Wildman–Crippen LogP) is 2.54. The van der Waals surface area contributed by atoms with Crippen molar-refractivity contribution in [2.75, 3.05) is 17.7 Å². The Morgan fingerprint density at radius 3 is 2.78 bits per heavy atom. The Morgan fingerprint density at radius 2 is 2.17 bits per heavy atom. The van der Waals surface area contributed by atoms with Gasteiger partial charge in [-0.2, -0.15) is 4.99 Å². The normalized spacial score (nSPS) is 10.8. The van der Waals surface area contributed by atoms with Gasteiger partial charge in [0, 0.05) is 5.69 Å². The van der Waals surface area contributed by atoms with Gasteiger partial charge < -0.3 is 14.8 Å². The summed E-state index contributed by atoms with van der Waals surface area (Å²) in [6.45, 7) is 1.97. The standard InChI is InChI=1S/C12H14N2O3S/c1-2-17-12(16)14-11(18-9-8-15)13-10-6-4-3-5-7-10/h3-8H,2,9H2,1H3,(H,13,14,16). The molecule has 6 heteroatoms. The number of amides is 1. The van der Waals surface area contributed by atoms with Gasteiger partial charge in [-0.05, 0) is 19.1 Å². The van der Waals surface area contributed by atoms with Crippen molar-refractivity contribution in [2.45, 2.75) is 6.92 Å². The Morgan fingerprint density at radius 1 is 1.44 bits per heavy atom. The summed E-state index contributed by atoms with van der Waals surface area (Å²) < 4.78 is 4.72. The van der Waals surface area contributed by atoms with Crippen molar-refractivity contribution in [3.05, 3.63) is 30.3 Å². The first-order valence-electron chi connectivity index (χ1n) is 5.40. The van der Waals surface area contributed by atoms with E-state index in [2.05, 4.69) is 10.3 Å². The number of nitrogens with one attached hydrogen (secondary N) is 1. The van der Waals surface area contributed by atoms with E-state index in [1.807, 2.05) is 30.3 Å². The molecular formula is C12H14N2O3S. The minimum atomic E-state index is -0.672. The maximum atomic E-state index is 11.3. The molecule has 0 aromatic heterocycles. The quantitative estimate of drug-likeness (QED) is 0.515. The fourth-order valence-corrected chi connectivity index (χ4v) is 1.65. The highest BCUT2D eigenvalue weighted by Gasteiger charge is 2.05. The number of hydrogen-bond donors (Lipinski definition) is 1. The summed E-state index contributed by atoms with van der Waals surface area (Å²) >= 11 is 1.14. The van der Waals surface area contributed by atoms with E-state index in [0.717, 1.165) is 23.7 Å². The van der Waals surface area contributed by atoms with Gasteiger partial charge in [0.25, 0.3) is 0 Å². The molecule has 1 aromatic rings. The second kappa shape index (κ2) is 8.30. The summed E-state index contributed by atoms with van der Waals surface area (Å²) in [4.78, 5) is 25.4. The van der Waals surface area contributed by atoms with Gasteiger partial charge in [-0.3, -0.25) is 0 Å². The fraction of sp³-hybridized carbons (Fsp3) is 0.250. The topological polar surface area (TPSA) is 67.8 Å². The van der Waals surface area contributed by atoms with Crippen molar-refractivity contribution in [2.24, 2.45) is 4.99 Å². The first kappa shape index (κ1) is 14.2. The molecule has 0 aliphatic rings. The van der Waals surface area contributed by atoms with E-state index in [1.54, 1.807) is 6.92 Å². The van der Waals surface area contributed by atoms with Crippen molar-refractivity contribution < 1.29 is 14.3 Å². The second-order valence-corrected chi connectivity index (χ2v) is 4.09. The van der Waals surface area contributed by atoms with Crippen LogP contribution < -0.4 is 5.32 Å². The van der Waals surface area contributed by atoms with Crippen LogP contribution in [0.15, 0.2) is 35.3 Å². The molecule has 0 atom stereocenters. The van der Waals surface area contributed by atoms with E-state index in [9.17, 15) is 9.59 Å². The number of benzene rings is 1. The third kappa shape index (κ3) is 5.49. The highest BCUT2D eigenvalue weighted by atomic mass is 32.2. The molecule has 0 saturated carbocycles. The monoisotopic (exact) mass is 266 g/mol. The molecule has 0 heterocycles. The van der Waals surface area contributed by atoms with Crippen LogP contribution in [0.5, 0.6) is 0 Å². The Balaban J connectivity index is 2.71. The molecule has 96 valence electrons. The lowest BCUT2D eigenvalue weighted by Gasteiger charge is -2.07. The molecule has 0 unspecified atom stereocenters. The van der Waals surface area contributed by atoms with Crippen LogP contribution >= 0.6 is 11.8 Å². The van der Waals surface area contributed by atoms with Gasteiger partial charge in [0.15, 0.2) is 5.17 Å². The van der Waals surface area contributed by atoms with Crippen LogP contribution in [0.3, 0.4) is 0 Å². The third-order valence-electron chi connectivity index (χ3n) is 1.77. The lowest BCUT2D eigenvalue weighted by atomic mass is 10.3. The number of amidine groups is 1. The number of thioether (sulfide) groups is 1. The van der Waals surface area contributed by atoms with Crippen LogP contribution in [0.1, 0.15) is 6.92 Å². The number of nitrogens with zero attached hydrogens (tertiary/aromatic N) is 1. The number of rotatable bonds is 4. The average molecular weight is 266 g/mol. The maximum absolute atomic E-state index is 11.3. The van der Waals surface area contributed by atoms with Gasteiger partial charge >= 0.3 is 6.09 Å². The number of ether oxygens (including phenoxy) is 1. The molecule has 5 nitrogen and oxygen atoms in total. The highest BCUT2D eigenvalue weighted by molar-refractivity contribution is 8.14. The third-order valence-corrected chi connectivity index (χ3v) is 2.54. The van der Waals surface area contributed by atoms with Gasteiger partial charge in [-0.25, -0.2) is 4.79 Å². The zero-order valence-electron chi connectivity index (χ0n) is 9.96. The number of anilines is 1. The van der Waals surface area contributed by atoms with Gasteiger partial charge in [-0.15, -0.1) is 0 Å². The van der Waals surface area contributed by atoms with Gasteiger partial charge in [0.05, 0.1) is 12.4 Å². The second-order valence-electron chi connectivity index (χ2n) is 3.08. The molecule has 0 radical (unpaired) electrons. The van der Waals surface area contributed by atoms with Crippen LogP contribution in [0.25, 0.3) is 0 Å². The van der Waals surface area contributed by atoms with Gasteiger partial charge in [-0.1, -0.05) is 30.0 Å². The molecule has 0 aliphatic heterocycles. The number of aldehydes is 1.